The highest BCUT2D eigenvalue weighted by atomic mass is 16.5. The molecule has 1 aromatic carbocycles. The molecule has 4 rings (SSSR count). The minimum atomic E-state index is 0.0742. The van der Waals surface area contributed by atoms with Crippen molar-refractivity contribution in [3.63, 3.8) is 0 Å². The molecular weight excluding hydrogens is 290 g/mol. The molecule has 4 heteroatoms. The summed E-state index contributed by atoms with van der Waals surface area (Å²) in [6.45, 7) is 2.24. The molecule has 0 unspecified atom stereocenters. The molecule has 3 aliphatic rings. The fourth-order valence-corrected chi connectivity index (χ4v) is 4.25. The number of rotatable bonds is 5. The molecule has 3 fully saturated rings. The Hall–Kier alpha value is -1.39. The summed E-state index contributed by atoms with van der Waals surface area (Å²) in [4.78, 5) is 15.2. The van der Waals surface area contributed by atoms with Crippen LogP contribution in [0.25, 0.3) is 0 Å². The predicted molar refractivity (Wildman–Crippen MR) is 87.1 cm³/mol. The Morgan fingerprint density at radius 1 is 1.17 bits per heavy atom. The Morgan fingerprint density at radius 3 is 2.70 bits per heavy atom. The summed E-state index contributed by atoms with van der Waals surface area (Å²) in [6.07, 6.45) is 5.45. The van der Waals surface area contributed by atoms with Gasteiger partial charge in [-0.15, -0.1) is 0 Å². The highest BCUT2D eigenvalue weighted by molar-refractivity contribution is 5.80. The van der Waals surface area contributed by atoms with Gasteiger partial charge in [0.2, 0.25) is 5.91 Å². The number of amides is 1. The molecule has 1 aromatic rings. The van der Waals surface area contributed by atoms with Gasteiger partial charge in [0.15, 0.2) is 0 Å². The van der Waals surface area contributed by atoms with Crippen molar-refractivity contribution in [2.24, 2.45) is 5.92 Å². The number of hydrogen-bond acceptors (Lipinski definition) is 3. The van der Waals surface area contributed by atoms with E-state index in [4.69, 9.17) is 9.47 Å². The second-order valence-corrected chi connectivity index (χ2v) is 7.00. The van der Waals surface area contributed by atoms with Gasteiger partial charge in [0.05, 0.1) is 30.8 Å². The van der Waals surface area contributed by atoms with Gasteiger partial charge >= 0.3 is 0 Å². The van der Waals surface area contributed by atoms with Gasteiger partial charge in [-0.1, -0.05) is 30.3 Å². The molecule has 23 heavy (non-hydrogen) atoms. The third-order valence-electron chi connectivity index (χ3n) is 5.54. The van der Waals surface area contributed by atoms with E-state index in [0.717, 1.165) is 45.3 Å². The Morgan fingerprint density at radius 2 is 2.04 bits per heavy atom. The number of carbonyl (C=O) groups excluding carboxylic acids is 1. The molecule has 0 aliphatic carbocycles. The van der Waals surface area contributed by atoms with Crippen molar-refractivity contribution in [3.05, 3.63) is 35.9 Å². The normalized spacial score (nSPS) is 32.3. The van der Waals surface area contributed by atoms with Gasteiger partial charge in [0, 0.05) is 13.2 Å². The van der Waals surface area contributed by atoms with Crippen LogP contribution < -0.4 is 0 Å². The molecule has 3 saturated heterocycles. The zero-order valence-electron chi connectivity index (χ0n) is 13.5. The van der Waals surface area contributed by atoms with Crippen molar-refractivity contribution in [1.82, 2.24) is 4.90 Å². The number of ether oxygens (including phenoxy) is 2. The first-order chi connectivity index (χ1) is 11.3. The monoisotopic (exact) mass is 315 g/mol. The minimum Gasteiger partial charge on any atom is -0.379 e. The summed E-state index contributed by atoms with van der Waals surface area (Å²) in [5.41, 5.74) is 1.29. The van der Waals surface area contributed by atoms with E-state index in [1.54, 1.807) is 0 Å². The van der Waals surface area contributed by atoms with E-state index in [2.05, 4.69) is 29.2 Å². The lowest BCUT2D eigenvalue weighted by Crippen LogP contribution is -2.47. The molecule has 3 aliphatic heterocycles. The van der Waals surface area contributed by atoms with Gasteiger partial charge in [0.1, 0.15) is 0 Å². The van der Waals surface area contributed by atoms with Crippen LogP contribution in [0.3, 0.4) is 0 Å². The maximum atomic E-state index is 13.1. The van der Waals surface area contributed by atoms with Gasteiger partial charge in [-0.2, -0.15) is 0 Å². The van der Waals surface area contributed by atoms with Crippen molar-refractivity contribution in [1.29, 1.82) is 0 Å². The first-order valence-corrected chi connectivity index (χ1v) is 8.89. The molecule has 0 radical (unpaired) electrons. The molecule has 4 atom stereocenters. The first kappa shape index (κ1) is 15.2. The second kappa shape index (κ2) is 6.62. The largest absolute Gasteiger partial charge is 0.379 e. The van der Waals surface area contributed by atoms with Gasteiger partial charge in [-0.05, 0) is 37.7 Å². The number of benzene rings is 1. The zero-order valence-corrected chi connectivity index (χ0v) is 13.5. The van der Waals surface area contributed by atoms with Crippen LogP contribution in [-0.4, -0.2) is 48.8 Å². The van der Waals surface area contributed by atoms with Crippen LogP contribution in [0.2, 0.25) is 0 Å². The van der Waals surface area contributed by atoms with Crippen LogP contribution in [0, 0.1) is 5.92 Å². The standard InChI is InChI=1S/C19H25NO3/c21-19(17-12-16-6-7-18(17)23-16)20(15-9-11-22-13-15)10-8-14-4-2-1-3-5-14/h1-5,15-18H,6-13H2/t15-,16-,17-,18-/m1/s1. The van der Waals surface area contributed by atoms with E-state index in [0.29, 0.717) is 18.6 Å². The molecule has 2 bridgehead atoms. The Bertz CT molecular complexity index is 541. The van der Waals surface area contributed by atoms with E-state index < -0.39 is 0 Å². The van der Waals surface area contributed by atoms with Crippen LogP contribution in [0.5, 0.6) is 0 Å². The summed E-state index contributed by atoms with van der Waals surface area (Å²) < 4.78 is 11.4. The lowest BCUT2D eigenvalue weighted by Gasteiger charge is -2.32. The zero-order chi connectivity index (χ0) is 15.6. The molecular formula is C19H25NO3. The average Bonchev–Trinajstić information content (AvgIpc) is 3.33. The molecule has 0 N–H and O–H groups in total. The van der Waals surface area contributed by atoms with E-state index in [1.165, 1.54) is 5.56 Å². The highest BCUT2D eigenvalue weighted by Crippen LogP contribution is 2.40. The quantitative estimate of drug-likeness (QED) is 0.837. The van der Waals surface area contributed by atoms with Crippen LogP contribution in [0.4, 0.5) is 0 Å². The number of hydrogen-bond donors (Lipinski definition) is 0. The summed E-state index contributed by atoms with van der Waals surface area (Å²) in [6, 6.07) is 10.7. The smallest absolute Gasteiger partial charge is 0.228 e. The topological polar surface area (TPSA) is 38.8 Å². The number of carbonyl (C=O) groups is 1. The maximum absolute atomic E-state index is 13.1. The average molecular weight is 315 g/mol. The van der Waals surface area contributed by atoms with Crippen LogP contribution in [0.1, 0.15) is 31.2 Å². The highest BCUT2D eigenvalue weighted by Gasteiger charge is 2.46. The summed E-state index contributed by atoms with van der Waals surface area (Å²) in [5.74, 6) is 0.369. The Labute approximate surface area is 137 Å². The summed E-state index contributed by atoms with van der Waals surface area (Å²) in [5, 5.41) is 0. The number of fused-ring (bicyclic) bond motifs is 2. The van der Waals surface area contributed by atoms with Crippen LogP contribution >= 0.6 is 0 Å². The van der Waals surface area contributed by atoms with Gasteiger partial charge in [-0.25, -0.2) is 0 Å². The summed E-state index contributed by atoms with van der Waals surface area (Å²) >= 11 is 0. The van der Waals surface area contributed by atoms with Crippen molar-refractivity contribution >= 4 is 5.91 Å². The van der Waals surface area contributed by atoms with Gasteiger partial charge in [0.25, 0.3) is 0 Å². The predicted octanol–water partition coefficient (Wildman–Crippen LogP) is 2.41. The Balaban J connectivity index is 1.45. The Kier molecular flexibility index (Phi) is 4.36. The van der Waals surface area contributed by atoms with Crippen LogP contribution in [-0.2, 0) is 20.7 Å². The molecule has 1 amide bonds. The second-order valence-electron chi connectivity index (χ2n) is 7.00. The maximum Gasteiger partial charge on any atom is 0.228 e. The number of nitrogens with zero attached hydrogens (tertiary/aromatic N) is 1. The van der Waals surface area contributed by atoms with Crippen molar-refractivity contribution < 1.29 is 14.3 Å². The minimum absolute atomic E-state index is 0.0742. The lowest BCUT2D eigenvalue weighted by molar-refractivity contribution is -0.139. The SMILES string of the molecule is O=C([C@@H]1C[C@H]2CC[C@H]1O2)N(CCc1ccccc1)[C@@H]1CCOC1. The molecule has 4 nitrogen and oxygen atoms in total. The molecule has 124 valence electrons. The molecule has 0 aromatic heterocycles. The third-order valence-corrected chi connectivity index (χ3v) is 5.54. The van der Waals surface area contributed by atoms with Gasteiger partial charge in [-0.3, -0.25) is 4.79 Å². The van der Waals surface area contributed by atoms with Crippen molar-refractivity contribution in [3.8, 4) is 0 Å². The fourth-order valence-electron chi connectivity index (χ4n) is 4.25. The van der Waals surface area contributed by atoms with Crippen LogP contribution in [0.15, 0.2) is 30.3 Å². The third kappa shape index (κ3) is 3.15. The van der Waals surface area contributed by atoms with E-state index >= 15 is 0 Å². The fraction of sp³-hybridized carbons (Fsp3) is 0.632. The molecule has 0 spiro atoms. The lowest BCUT2D eigenvalue weighted by atomic mass is 9.87. The van der Waals surface area contributed by atoms with E-state index in [9.17, 15) is 4.79 Å². The molecule has 0 saturated carbocycles. The molecule has 3 heterocycles. The van der Waals surface area contributed by atoms with Crippen molar-refractivity contribution in [2.75, 3.05) is 19.8 Å². The van der Waals surface area contributed by atoms with Gasteiger partial charge < -0.3 is 14.4 Å². The van der Waals surface area contributed by atoms with Crippen molar-refractivity contribution in [2.45, 2.75) is 50.4 Å². The van der Waals surface area contributed by atoms with E-state index in [-0.39, 0.29) is 18.1 Å². The van der Waals surface area contributed by atoms with E-state index in [1.807, 2.05) is 6.07 Å². The first-order valence-electron chi connectivity index (χ1n) is 8.89. The summed E-state index contributed by atoms with van der Waals surface area (Å²) in [7, 11) is 0.